The van der Waals surface area contributed by atoms with Crippen LogP contribution in [0.2, 0.25) is 0 Å². The predicted molar refractivity (Wildman–Crippen MR) is 204 cm³/mol. The van der Waals surface area contributed by atoms with Crippen molar-refractivity contribution in [3.63, 3.8) is 0 Å². The SMILES string of the molecule is C=CC(=O)OCCCCOc1ccc(C(=O)Oc2ccc(/C=N/c3ccc(OC(=O)c4ccc(OCCCCOC(=O)C=C)cc4)c(C)c3)cc2C)cc1. The van der Waals surface area contributed by atoms with Gasteiger partial charge in [-0.2, -0.15) is 0 Å². The zero-order valence-corrected chi connectivity index (χ0v) is 30.4. The van der Waals surface area contributed by atoms with Gasteiger partial charge >= 0.3 is 23.9 Å². The van der Waals surface area contributed by atoms with Crippen molar-refractivity contribution >= 4 is 35.8 Å². The van der Waals surface area contributed by atoms with Crippen molar-refractivity contribution in [2.75, 3.05) is 26.4 Å². The Hall–Kier alpha value is -6.49. The zero-order chi connectivity index (χ0) is 38.7. The highest BCUT2D eigenvalue weighted by Crippen LogP contribution is 2.26. The Morgan fingerprint density at radius 2 is 1.02 bits per heavy atom. The molecule has 4 rings (SSSR count). The topological polar surface area (TPSA) is 136 Å². The van der Waals surface area contributed by atoms with E-state index < -0.39 is 23.9 Å². The summed E-state index contributed by atoms with van der Waals surface area (Å²) in [5, 5.41) is 0. The lowest BCUT2D eigenvalue weighted by molar-refractivity contribution is -0.138. The molecular formula is C43H43NO10. The van der Waals surface area contributed by atoms with Crippen molar-refractivity contribution in [1.29, 1.82) is 0 Å². The first-order valence-corrected chi connectivity index (χ1v) is 17.4. The number of aliphatic imine (C=N–C) groups is 1. The Morgan fingerprint density at radius 3 is 1.46 bits per heavy atom. The van der Waals surface area contributed by atoms with Crippen molar-refractivity contribution < 1.29 is 47.6 Å². The molecule has 11 nitrogen and oxygen atoms in total. The fraction of sp³-hybridized carbons (Fsp3) is 0.233. The Kier molecular flexibility index (Phi) is 15.8. The van der Waals surface area contributed by atoms with Crippen LogP contribution in [0.1, 0.15) is 63.1 Å². The Bertz CT molecular complexity index is 1810. The number of carbonyl (C=O) groups excluding carboxylic acids is 4. The number of hydrogen-bond donors (Lipinski definition) is 0. The van der Waals surface area contributed by atoms with Crippen molar-refractivity contribution in [3.05, 3.63) is 138 Å². The van der Waals surface area contributed by atoms with Gasteiger partial charge in [-0.1, -0.05) is 13.2 Å². The summed E-state index contributed by atoms with van der Waals surface area (Å²) >= 11 is 0. The standard InChI is InChI=1S/C43H43NO10/c1-5-40(45)51-25-9-7-23-49-36-17-12-33(13-18-36)42(47)53-38-21-11-32(27-30(38)3)29-44-35-16-22-39(31(4)28-35)54-43(48)34-14-19-37(20-15-34)50-24-8-10-26-52-41(46)6-2/h5-6,11-22,27-29H,1-2,7-10,23-26H2,3-4H3/b44-29+. The van der Waals surface area contributed by atoms with E-state index in [4.69, 9.17) is 28.4 Å². The van der Waals surface area contributed by atoms with E-state index in [1.165, 1.54) is 0 Å². The van der Waals surface area contributed by atoms with Crippen molar-refractivity contribution in [3.8, 4) is 23.0 Å². The summed E-state index contributed by atoms with van der Waals surface area (Å²) in [7, 11) is 0. The van der Waals surface area contributed by atoms with Crippen LogP contribution in [0.15, 0.2) is 115 Å². The van der Waals surface area contributed by atoms with Crippen molar-refractivity contribution in [2.24, 2.45) is 4.99 Å². The molecule has 0 bridgehead atoms. The van der Waals surface area contributed by atoms with E-state index in [1.54, 1.807) is 79.0 Å². The summed E-state index contributed by atoms with van der Waals surface area (Å²) in [6.45, 7) is 11.9. The number of unbranched alkanes of at least 4 members (excludes halogenated alkanes) is 2. The molecule has 0 aliphatic carbocycles. The lowest BCUT2D eigenvalue weighted by Crippen LogP contribution is -2.09. The molecule has 0 N–H and O–H groups in total. The van der Waals surface area contributed by atoms with Crippen molar-refractivity contribution in [1.82, 2.24) is 0 Å². The maximum atomic E-state index is 12.8. The molecule has 4 aromatic rings. The van der Waals surface area contributed by atoms with Gasteiger partial charge in [0.2, 0.25) is 0 Å². The molecule has 0 unspecified atom stereocenters. The van der Waals surface area contributed by atoms with Crippen LogP contribution in [0.5, 0.6) is 23.0 Å². The number of carbonyl (C=O) groups is 4. The van der Waals surface area contributed by atoms with Crippen molar-refractivity contribution in [2.45, 2.75) is 39.5 Å². The number of nitrogens with zero attached hydrogens (tertiary/aromatic N) is 1. The summed E-state index contributed by atoms with van der Waals surface area (Å²) in [6, 6.07) is 24.0. The van der Waals surface area contributed by atoms with E-state index in [9.17, 15) is 19.2 Å². The molecule has 11 heteroatoms. The van der Waals surface area contributed by atoms with E-state index in [1.807, 2.05) is 26.0 Å². The van der Waals surface area contributed by atoms with Gasteiger partial charge in [0.25, 0.3) is 0 Å². The second-order valence-corrected chi connectivity index (χ2v) is 11.9. The first kappa shape index (κ1) is 40.3. The van der Waals surface area contributed by atoms with Gasteiger partial charge in [0.1, 0.15) is 23.0 Å². The van der Waals surface area contributed by atoms with Gasteiger partial charge in [-0.15, -0.1) is 0 Å². The number of esters is 4. The lowest BCUT2D eigenvalue weighted by atomic mass is 10.1. The van der Waals surface area contributed by atoms with E-state index in [2.05, 4.69) is 18.2 Å². The van der Waals surface area contributed by atoms with Crippen LogP contribution in [-0.4, -0.2) is 56.5 Å². The average Bonchev–Trinajstić information content (AvgIpc) is 3.18. The zero-order valence-electron chi connectivity index (χ0n) is 30.4. The van der Waals surface area contributed by atoms with E-state index in [-0.39, 0.29) is 0 Å². The third-order valence-electron chi connectivity index (χ3n) is 7.74. The van der Waals surface area contributed by atoms with Gasteiger partial charge in [-0.25, -0.2) is 19.2 Å². The molecule has 4 aromatic carbocycles. The summed E-state index contributed by atoms with van der Waals surface area (Å²) in [6.07, 6.45) is 6.69. The molecule has 0 aromatic heterocycles. The predicted octanol–water partition coefficient (Wildman–Crippen LogP) is 8.27. The fourth-order valence-electron chi connectivity index (χ4n) is 4.79. The molecule has 0 fully saturated rings. The van der Waals surface area contributed by atoms with Gasteiger partial charge in [-0.3, -0.25) is 4.99 Å². The van der Waals surface area contributed by atoms with Crippen LogP contribution in [0.3, 0.4) is 0 Å². The molecule has 0 radical (unpaired) electrons. The first-order valence-electron chi connectivity index (χ1n) is 17.4. The average molecular weight is 734 g/mol. The molecule has 0 aliphatic rings. The summed E-state index contributed by atoms with van der Waals surface area (Å²) in [5.74, 6) is 0.195. The monoisotopic (exact) mass is 733 g/mol. The Labute approximate surface area is 314 Å². The lowest BCUT2D eigenvalue weighted by Gasteiger charge is -2.10. The molecule has 54 heavy (non-hydrogen) atoms. The highest BCUT2D eigenvalue weighted by atomic mass is 16.5. The molecule has 0 spiro atoms. The van der Waals surface area contributed by atoms with Crippen LogP contribution in [0.25, 0.3) is 0 Å². The highest BCUT2D eigenvalue weighted by Gasteiger charge is 2.13. The second-order valence-electron chi connectivity index (χ2n) is 11.9. The maximum absolute atomic E-state index is 12.8. The number of benzene rings is 4. The van der Waals surface area contributed by atoms with Crippen LogP contribution < -0.4 is 18.9 Å². The Balaban J connectivity index is 1.22. The molecule has 0 heterocycles. The van der Waals surface area contributed by atoms with E-state index >= 15 is 0 Å². The minimum absolute atomic E-state index is 0.304. The van der Waals surface area contributed by atoms with Crippen LogP contribution in [0, 0.1) is 13.8 Å². The van der Waals surface area contributed by atoms with Gasteiger partial charge < -0.3 is 28.4 Å². The minimum Gasteiger partial charge on any atom is -0.494 e. The quantitative estimate of drug-likeness (QED) is 0.0287. The number of ether oxygens (including phenoxy) is 6. The van der Waals surface area contributed by atoms with Gasteiger partial charge in [-0.05, 0) is 141 Å². The molecule has 0 saturated carbocycles. The van der Waals surface area contributed by atoms with Gasteiger partial charge in [0, 0.05) is 18.4 Å². The summed E-state index contributed by atoms with van der Waals surface area (Å²) < 4.78 is 32.5. The fourth-order valence-corrected chi connectivity index (χ4v) is 4.79. The highest BCUT2D eigenvalue weighted by molar-refractivity contribution is 5.92. The molecule has 0 saturated heterocycles. The number of aryl methyl sites for hydroxylation is 2. The first-order chi connectivity index (χ1) is 26.1. The molecule has 0 atom stereocenters. The van der Waals surface area contributed by atoms with Crippen LogP contribution in [0.4, 0.5) is 5.69 Å². The molecular weight excluding hydrogens is 690 g/mol. The molecule has 0 amide bonds. The number of rotatable bonds is 20. The van der Waals surface area contributed by atoms with Crippen LogP contribution >= 0.6 is 0 Å². The second kappa shape index (κ2) is 21.1. The normalized spacial score (nSPS) is 10.6. The van der Waals surface area contributed by atoms with Crippen LogP contribution in [-0.2, 0) is 19.1 Å². The summed E-state index contributed by atoms with van der Waals surface area (Å²) in [4.78, 5) is 52.3. The smallest absolute Gasteiger partial charge is 0.343 e. The van der Waals surface area contributed by atoms with E-state index in [0.29, 0.717) is 91.9 Å². The van der Waals surface area contributed by atoms with E-state index in [0.717, 1.165) is 28.8 Å². The third kappa shape index (κ3) is 13.2. The minimum atomic E-state index is -0.499. The van der Waals surface area contributed by atoms with Gasteiger partial charge in [0.05, 0.1) is 43.2 Å². The largest absolute Gasteiger partial charge is 0.494 e. The third-order valence-corrected chi connectivity index (χ3v) is 7.74. The van der Waals surface area contributed by atoms with Gasteiger partial charge in [0.15, 0.2) is 0 Å². The maximum Gasteiger partial charge on any atom is 0.343 e. The molecule has 0 aliphatic heterocycles. The summed E-state index contributed by atoms with van der Waals surface area (Å²) in [5.41, 5.74) is 3.73. The Morgan fingerprint density at radius 1 is 0.574 bits per heavy atom. The number of hydrogen-bond acceptors (Lipinski definition) is 11. The molecule has 280 valence electrons.